The van der Waals surface area contributed by atoms with Crippen molar-refractivity contribution in [2.45, 2.75) is 20.1 Å². The second-order valence-corrected chi connectivity index (χ2v) is 5.34. The van der Waals surface area contributed by atoms with E-state index in [9.17, 15) is 13.6 Å². The molecule has 0 saturated heterocycles. The van der Waals surface area contributed by atoms with Crippen molar-refractivity contribution in [1.82, 2.24) is 16.0 Å². The normalized spacial score (nSPS) is 11.3. The van der Waals surface area contributed by atoms with E-state index in [1.54, 1.807) is 30.3 Å². The van der Waals surface area contributed by atoms with Crippen LogP contribution in [-0.4, -0.2) is 38.1 Å². The van der Waals surface area contributed by atoms with E-state index in [2.05, 4.69) is 25.7 Å². The molecule has 0 unspecified atom stereocenters. The molecule has 1 aromatic heterocycles. The van der Waals surface area contributed by atoms with E-state index in [0.717, 1.165) is 0 Å². The highest BCUT2D eigenvalue weighted by Gasteiger charge is 2.09. The predicted molar refractivity (Wildman–Crippen MR) is 96.9 cm³/mol. The van der Waals surface area contributed by atoms with Crippen molar-refractivity contribution in [3.05, 3.63) is 54.0 Å². The molecule has 0 aliphatic carbocycles. The molecular formula is C18H22F2N4O3. The molecule has 0 spiro atoms. The lowest BCUT2D eigenvalue weighted by molar-refractivity contribution is -0.0504. The SMILES string of the molecule is CCNC(=NCc1ccccc1OC(F)F)NCCNC(=O)c1ccco1. The number of carbonyl (C=O) groups is 1. The fourth-order valence-electron chi connectivity index (χ4n) is 2.20. The van der Waals surface area contributed by atoms with Crippen LogP contribution in [0, 0.1) is 0 Å². The summed E-state index contributed by atoms with van der Waals surface area (Å²) in [5.41, 5.74) is 0.543. The monoisotopic (exact) mass is 380 g/mol. The summed E-state index contributed by atoms with van der Waals surface area (Å²) in [7, 11) is 0. The summed E-state index contributed by atoms with van der Waals surface area (Å²) in [6, 6.07) is 9.71. The molecular weight excluding hydrogens is 358 g/mol. The third-order valence-electron chi connectivity index (χ3n) is 3.39. The summed E-state index contributed by atoms with van der Waals surface area (Å²) < 4.78 is 34.4. The first kappa shape index (κ1) is 20.2. The standard InChI is InChI=1S/C18H22F2N4O3/c1-2-21-18(23-10-9-22-16(25)15-8-5-11-26-15)24-12-13-6-3-4-7-14(13)27-17(19)20/h3-8,11,17H,2,9-10,12H2,1H3,(H,22,25)(H2,21,23,24). The van der Waals surface area contributed by atoms with Gasteiger partial charge in [0, 0.05) is 25.2 Å². The highest BCUT2D eigenvalue weighted by atomic mass is 19.3. The lowest BCUT2D eigenvalue weighted by Crippen LogP contribution is -2.41. The average molecular weight is 380 g/mol. The van der Waals surface area contributed by atoms with E-state index in [0.29, 0.717) is 31.2 Å². The number of furan rings is 1. The van der Waals surface area contributed by atoms with Gasteiger partial charge in [-0.2, -0.15) is 8.78 Å². The van der Waals surface area contributed by atoms with Crippen LogP contribution in [-0.2, 0) is 6.54 Å². The lowest BCUT2D eigenvalue weighted by atomic mass is 10.2. The van der Waals surface area contributed by atoms with E-state index in [1.807, 2.05) is 6.92 Å². The fourth-order valence-corrected chi connectivity index (χ4v) is 2.20. The van der Waals surface area contributed by atoms with Crippen molar-refractivity contribution in [2.75, 3.05) is 19.6 Å². The molecule has 0 aliphatic heterocycles. The van der Waals surface area contributed by atoms with Crippen LogP contribution in [0.2, 0.25) is 0 Å². The number of carbonyl (C=O) groups excluding carboxylic acids is 1. The summed E-state index contributed by atoms with van der Waals surface area (Å²) in [6.45, 7) is 0.586. The van der Waals surface area contributed by atoms with Gasteiger partial charge in [0.2, 0.25) is 0 Å². The van der Waals surface area contributed by atoms with Crippen molar-refractivity contribution in [1.29, 1.82) is 0 Å². The molecule has 9 heteroatoms. The van der Waals surface area contributed by atoms with Crippen molar-refractivity contribution < 1.29 is 22.7 Å². The number of nitrogens with zero attached hydrogens (tertiary/aromatic N) is 1. The summed E-state index contributed by atoms with van der Waals surface area (Å²) in [4.78, 5) is 16.1. The minimum Gasteiger partial charge on any atom is -0.459 e. The number of halogens is 2. The van der Waals surface area contributed by atoms with Crippen LogP contribution >= 0.6 is 0 Å². The zero-order chi connectivity index (χ0) is 19.5. The molecule has 1 amide bonds. The van der Waals surface area contributed by atoms with Crippen LogP contribution in [0.4, 0.5) is 8.78 Å². The molecule has 27 heavy (non-hydrogen) atoms. The van der Waals surface area contributed by atoms with Crippen molar-refractivity contribution >= 4 is 11.9 Å². The molecule has 2 aromatic rings. The first-order valence-electron chi connectivity index (χ1n) is 8.46. The molecule has 0 fully saturated rings. The van der Waals surface area contributed by atoms with Crippen LogP contribution < -0.4 is 20.7 Å². The first-order valence-corrected chi connectivity index (χ1v) is 8.46. The van der Waals surface area contributed by atoms with Gasteiger partial charge in [-0.25, -0.2) is 4.99 Å². The van der Waals surface area contributed by atoms with Gasteiger partial charge >= 0.3 is 6.61 Å². The van der Waals surface area contributed by atoms with Gasteiger partial charge in [-0.1, -0.05) is 18.2 Å². The van der Waals surface area contributed by atoms with Gasteiger partial charge in [0.05, 0.1) is 12.8 Å². The average Bonchev–Trinajstić information content (AvgIpc) is 3.18. The van der Waals surface area contributed by atoms with Gasteiger partial charge in [-0.05, 0) is 25.1 Å². The smallest absolute Gasteiger partial charge is 0.387 e. The van der Waals surface area contributed by atoms with Crippen molar-refractivity contribution in [3.8, 4) is 5.75 Å². The second kappa shape index (κ2) is 10.8. The second-order valence-electron chi connectivity index (χ2n) is 5.34. The first-order chi connectivity index (χ1) is 13.1. The van der Waals surface area contributed by atoms with E-state index in [1.165, 1.54) is 12.3 Å². The van der Waals surface area contributed by atoms with Crippen molar-refractivity contribution in [3.63, 3.8) is 0 Å². The van der Waals surface area contributed by atoms with Gasteiger partial charge < -0.3 is 25.1 Å². The topological polar surface area (TPSA) is 87.9 Å². The number of benzene rings is 1. The van der Waals surface area contributed by atoms with Gasteiger partial charge in [0.25, 0.3) is 5.91 Å². The van der Waals surface area contributed by atoms with Gasteiger partial charge in [0.15, 0.2) is 11.7 Å². The number of guanidine groups is 1. The number of rotatable bonds is 9. The molecule has 0 aliphatic rings. The Balaban J connectivity index is 1.86. The lowest BCUT2D eigenvalue weighted by Gasteiger charge is -2.13. The highest BCUT2D eigenvalue weighted by molar-refractivity contribution is 5.91. The maximum absolute atomic E-state index is 12.5. The zero-order valence-electron chi connectivity index (χ0n) is 14.9. The Morgan fingerprint density at radius 1 is 1.15 bits per heavy atom. The Morgan fingerprint density at radius 2 is 1.93 bits per heavy atom. The Hall–Kier alpha value is -3.10. The van der Waals surface area contributed by atoms with Crippen molar-refractivity contribution in [2.24, 2.45) is 4.99 Å². The maximum Gasteiger partial charge on any atom is 0.387 e. The fraction of sp³-hybridized carbons (Fsp3) is 0.333. The molecule has 0 atom stereocenters. The van der Waals surface area contributed by atoms with Crippen LogP contribution in [0.5, 0.6) is 5.75 Å². The van der Waals surface area contributed by atoms with E-state index in [-0.39, 0.29) is 24.0 Å². The molecule has 7 nitrogen and oxygen atoms in total. The number of aliphatic imine (C=N–C) groups is 1. The van der Waals surface area contributed by atoms with Gasteiger partial charge in [-0.3, -0.25) is 4.79 Å². The number of hydrogen-bond donors (Lipinski definition) is 3. The summed E-state index contributed by atoms with van der Waals surface area (Å²) in [5.74, 6) is 0.530. The minimum atomic E-state index is -2.89. The highest BCUT2D eigenvalue weighted by Crippen LogP contribution is 2.20. The number of hydrogen-bond acceptors (Lipinski definition) is 4. The van der Waals surface area contributed by atoms with Crippen LogP contribution in [0.25, 0.3) is 0 Å². The summed E-state index contributed by atoms with van der Waals surface area (Å²) in [6.07, 6.45) is 1.43. The predicted octanol–water partition coefficient (Wildman–Crippen LogP) is 2.37. The maximum atomic E-state index is 12.5. The number of amides is 1. The van der Waals surface area contributed by atoms with Crippen LogP contribution in [0.1, 0.15) is 23.0 Å². The molecule has 1 heterocycles. The third kappa shape index (κ3) is 6.96. The minimum absolute atomic E-state index is 0.0952. The van der Waals surface area contributed by atoms with E-state index in [4.69, 9.17) is 4.42 Å². The quantitative estimate of drug-likeness (QED) is 0.353. The van der Waals surface area contributed by atoms with Crippen LogP contribution in [0.15, 0.2) is 52.1 Å². The van der Waals surface area contributed by atoms with Crippen LogP contribution in [0.3, 0.4) is 0 Å². The van der Waals surface area contributed by atoms with Gasteiger partial charge in [0.1, 0.15) is 5.75 Å². The van der Waals surface area contributed by atoms with Gasteiger partial charge in [-0.15, -0.1) is 0 Å². The number of nitrogens with one attached hydrogen (secondary N) is 3. The largest absolute Gasteiger partial charge is 0.459 e. The zero-order valence-corrected chi connectivity index (χ0v) is 14.9. The Kier molecular flexibility index (Phi) is 8.08. The molecule has 0 radical (unpaired) electrons. The Labute approximate surface area is 155 Å². The molecule has 1 aromatic carbocycles. The van der Waals surface area contributed by atoms with E-state index < -0.39 is 6.61 Å². The Bertz CT molecular complexity index is 736. The molecule has 2 rings (SSSR count). The summed E-state index contributed by atoms with van der Waals surface area (Å²) >= 11 is 0. The number of alkyl halides is 2. The number of para-hydroxylation sites is 1. The summed E-state index contributed by atoms with van der Waals surface area (Å²) in [5, 5.41) is 8.81. The number of ether oxygens (including phenoxy) is 1. The molecule has 0 saturated carbocycles. The molecule has 0 bridgehead atoms. The molecule has 146 valence electrons. The van der Waals surface area contributed by atoms with E-state index >= 15 is 0 Å². The molecule has 3 N–H and O–H groups in total. The third-order valence-corrected chi connectivity index (χ3v) is 3.39. The Morgan fingerprint density at radius 3 is 2.63 bits per heavy atom.